The van der Waals surface area contributed by atoms with Crippen LogP contribution in [0.25, 0.3) is 0 Å². The van der Waals surface area contributed by atoms with Crippen LogP contribution in [0.15, 0.2) is 0 Å². The fourth-order valence-corrected chi connectivity index (χ4v) is 0. The Morgan fingerprint density at radius 2 is 1.25 bits per heavy atom. The van der Waals surface area contributed by atoms with Gasteiger partial charge < -0.3 is 0 Å². The van der Waals surface area contributed by atoms with Crippen molar-refractivity contribution in [3.63, 3.8) is 0 Å². The van der Waals surface area contributed by atoms with E-state index in [2.05, 4.69) is 6.57 Å². The molecule has 0 aliphatic heterocycles. The molecule has 0 amide bonds. The van der Waals surface area contributed by atoms with Gasteiger partial charge in [0.15, 0.2) is 0 Å². The van der Waals surface area contributed by atoms with Crippen LogP contribution in [0.3, 0.4) is 0 Å². The molecule has 0 spiro atoms. The van der Waals surface area contributed by atoms with Crippen molar-refractivity contribution >= 4 is 0 Å². The van der Waals surface area contributed by atoms with E-state index in [1.54, 1.807) is 0 Å². The molecule has 0 aliphatic carbocycles. The number of nitrogens with zero attached hydrogens (tertiary/aromatic N) is 1. The third-order valence-corrected chi connectivity index (χ3v) is 0. The second-order valence-corrected chi connectivity index (χ2v) is 0. The molecule has 0 heterocycles. The molecule has 0 radical (unpaired) electrons. The van der Waals surface area contributed by atoms with Gasteiger partial charge in [0.05, 0.1) is 0 Å². The van der Waals surface area contributed by atoms with Crippen molar-refractivity contribution in [1.82, 2.24) is 0 Å². The summed E-state index contributed by atoms with van der Waals surface area (Å²) in [6, 6.07) is 0. The normalized spacial score (nSPS) is 0.500. The van der Waals surface area contributed by atoms with Crippen LogP contribution in [-0.4, -0.2) is 0 Å². The fourth-order valence-electron chi connectivity index (χ4n) is 0. The Morgan fingerprint density at radius 1 is 1.25 bits per heavy atom. The van der Waals surface area contributed by atoms with Crippen LogP contribution in [0.5, 0.6) is 0 Å². The summed E-state index contributed by atoms with van der Waals surface area (Å²) in [5.74, 6) is 0. The summed E-state index contributed by atoms with van der Waals surface area (Å²) < 4.78 is 0. The van der Waals surface area contributed by atoms with Gasteiger partial charge in [-0.1, -0.05) is 0 Å². The standard InChI is InChI=1S/CHN.Hg.Zn/c1-2;;/h1H;;. The topological polar surface area (TPSA) is 23.8 Å². The number of nitriles is 1. The molecule has 14 valence electrons. The summed E-state index contributed by atoms with van der Waals surface area (Å²) in [6.45, 7) is 3.50. The fraction of sp³-hybridized carbons (Fsp3) is 0. The van der Waals surface area contributed by atoms with Crippen molar-refractivity contribution in [2.45, 2.75) is 0 Å². The quantitative estimate of drug-likeness (QED) is 0.583. The van der Waals surface area contributed by atoms with E-state index in [0.29, 0.717) is 0 Å². The van der Waals surface area contributed by atoms with Crippen LogP contribution in [-0.2, 0) is 47.1 Å². The van der Waals surface area contributed by atoms with Gasteiger partial charge in [0, 0.05) is 53.7 Å². The molecule has 0 fully saturated rings. The first-order valence-electron chi connectivity index (χ1n) is 0.258. The van der Waals surface area contributed by atoms with Gasteiger partial charge in [0.25, 0.3) is 0 Å². The molecule has 0 aromatic heterocycles. The predicted molar refractivity (Wildman–Crippen MR) is 6.67 cm³/mol. The second kappa shape index (κ2) is 34.2. The average Bonchev–Trinajstić information content (AvgIpc) is 1.00. The third-order valence-electron chi connectivity index (χ3n) is 0. The van der Waals surface area contributed by atoms with Crippen molar-refractivity contribution in [3.05, 3.63) is 0 Å². The predicted octanol–water partition coefficient (Wildman–Crippen LogP) is 0.135. The van der Waals surface area contributed by atoms with Crippen molar-refractivity contribution < 1.29 is 47.1 Å². The van der Waals surface area contributed by atoms with Crippen LogP contribution in [0, 0.1) is 11.8 Å². The van der Waals surface area contributed by atoms with E-state index in [1.807, 2.05) is 0 Å². The molecule has 3 heteroatoms. The second-order valence-electron chi connectivity index (χ2n) is 0. The molecule has 0 aromatic carbocycles. The van der Waals surface area contributed by atoms with Gasteiger partial charge in [-0.2, -0.15) is 0 Å². The Morgan fingerprint density at radius 3 is 1.25 bits per heavy atom. The Hall–Kier alpha value is 1.05. The van der Waals surface area contributed by atoms with Crippen LogP contribution < -0.4 is 0 Å². The van der Waals surface area contributed by atoms with Gasteiger partial charge in [0.2, 0.25) is 0 Å². The van der Waals surface area contributed by atoms with E-state index in [1.165, 1.54) is 0 Å². The van der Waals surface area contributed by atoms with Gasteiger partial charge in [-0.15, -0.1) is 0 Å². The third kappa shape index (κ3) is 11.6. The monoisotopic (exact) mass is 293 g/mol. The summed E-state index contributed by atoms with van der Waals surface area (Å²) in [5.41, 5.74) is 0. The Balaban J connectivity index is -0.00000000500. The summed E-state index contributed by atoms with van der Waals surface area (Å²) in [7, 11) is 0. The van der Waals surface area contributed by atoms with Crippen molar-refractivity contribution in [2.24, 2.45) is 0 Å². The van der Waals surface area contributed by atoms with Gasteiger partial charge in [-0.3, -0.25) is 0 Å². The zero-order chi connectivity index (χ0) is 2.00. The molecule has 1 nitrogen and oxygen atoms in total. The van der Waals surface area contributed by atoms with E-state index in [-0.39, 0.29) is 47.1 Å². The van der Waals surface area contributed by atoms with Crippen LogP contribution in [0.1, 0.15) is 0 Å². The van der Waals surface area contributed by atoms with Gasteiger partial charge in [-0.05, 0) is 0 Å². The van der Waals surface area contributed by atoms with Gasteiger partial charge in [0.1, 0.15) is 0 Å². The van der Waals surface area contributed by atoms with E-state index in [9.17, 15) is 0 Å². The first kappa shape index (κ1) is 19.7. The number of rotatable bonds is 0. The first-order chi connectivity index (χ1) is 1.00. The Labute approximate surface area is 58.6 Å². The molecule has 0 saturated carbocycles. The first-order valence-corrected chi connectivity index (χ1v) is 0.258. The maximum Gasteiger partial charge on any atom is 0.0462 e. The maximum absolute atomic E-state index is 6.50. The van der Waals surface area contributed by atoms with Crippen LogP contribution in [0.4, 0.5) is 0 Å². The summed E-state index contributed by atoms with van der Waals surface area (Å²) in [6.07, 6.45) is 0. The molecule has 0 N–H and O–H groups in total. The molecule has 0 atom stereocenters. The molecule has 4 heavy (non-hydrogen) atoms. The molecule has 0 saturated heterocycles. The van der Waals surface area contributed by atoms with E-state index in [4.69, 9.17) is 5.26 Å². The van der Waals surface area contributed by atoms with Crippen molar-refractivity contribution in [1.29, 1.82) is 5.26 Å². The number of hydrogen-bond donors (Lipinski definition) is 0. The summed E-state index contributed by atoms with van der Waals surface area (Å²) >= 11 is 0. The van der Waals surface area contributed by atoms with Crippen LogP contribution >= 0.6 is 0 Å². The maximum atomic E-state index is 6.50. The molecular formula is CHHgNZn. The summed E-state index contributed by atoms with van der Waals surface area (Å²) in [4.78, 5) is 0. The largest absolute Gasteiger partial charge is 0.202 e. The Kier molecular flexibility index (Phi) is 169. The Bertz CT molecular complexity index is 12.8. The SMILES string of the molecule is C#N.[Hg].[Zn]. The molecular weight excluding hydrogens is 292 g/mol. The minimum Gasteiger partial charge on any atom is -0.202 e. The number of hydrogen-bond acceptors (Lipinski definition) is 1. The van der Waals surface area contributed by atoms with E-state index >= 15 is 0 Å². The smallest absolute Gasteiger partial charge is 0.0462 e. The van der Waals surface area contributed by atoms with E-state index in [0.717, 1.165) is 0 Å². The molecule has 0 aliphatic rings. The van der Waals surface area contributed by atoms with Crippen LogP contribution in [0.2, 0.25) is 0 Å². The minimum absolute atomic E-state index is 0. The van der Waals surface area contributed by atoms with Gasteiger partial charge >= 0.3 is 0 Å². The molecule has 0 bridgehead atoms. The molecule has 0 unspecified atom stereocenters. The van der Waals surface area contributed by atoms with Crippen molar-refractivity contribution in [3.8, 4) is 6.57 Å². The van der Waals surface area contributed by atoms with Crippen molar-refractivity contribution in [2.75, 3.05) is 0 Å². The average molecular weight is 293 g/mol. The van der Waals surface area contributed by atoms with E-state index < -0.39 is 0 Å². The zero-order valence-corrected chi connectivity index (χ0v) is 10.9. The zero-order valence-electron chi connectivity index (χ0n) is 2.44. The minimum atomic E-state index is 0. The molecule has 0 rings (SSSR count). The molecule has 0 aromatic rings. The summed E-state index contributed by atoms with van der Waals surface area (Å²) in [5, 5.41) is 6.50. The van der Waals surface area contributed by atoms with Gasteiger partial charge in [-0.25, -0.2) is 5.26 Å².